The molecule has 0 aromatic carbocycles. The summed E-state index contributed by atoms with van der Waals surface area (Å²) in [4.78, 5) is 0. The highest BCUT2D eigenvalue weighted by atomic mass is 16.5. The molecule has 0 aromatic rings. The van der Waals surface area contributed by atoms with E-state index < -0.39 is 0 Å². The molecule has 0 aromatic heterocycles. The van der Waals surface area contributed by atoms with E-state index in [1.165, 1.54) is 6.42 Å². The fourth-order valence-electron chi connectivity index (χ4n) is 3.37. The van der Waals surface area contributed by atoms with Crippen molar-refractivity contribution in [3.63, 3.8) is 0 Å². The van der Waals surface area contributed by atoms with Gasteiger partial charge in [0, 0.05) is 6.00 Å². The SMILES string of the molecule is [B]C1O[C@@]2(CC)C[C@@H](C)C1[C@H]2C. The third kappa shape index (κ3) is 0.848. The molecule has 1 aliphatic carbocycles. The molecular weight excluding hydrogens is 147 g/mol. The van der Waals surface area contributed by atoms with Gasteiger partial charge in [-0.25, -0.2) is 0 Å². The molecule has 0 spiro atoms. The summed E-state index contributed by atoms with van der Waals surface area (Å²) < 4.78 is 5.86. The van der Waals surface area contributed by atoms with Crippen LogP contribution >= 0.6 is 0 Å². The maximum absolute atomic E-state index is 5.94. The molecule has 2 bridgehead atoms. The van der Waals surface area contributed by atoms with E-state index >= 15 is 0 Å². The molecule has 1 nitrogen and oxygen atoms in total. The highest BCUT2D eigenvalue weighted by Crippen LogP contribution is 2.55. The van der Waals surface area contributed by atoms with Gasteiger partial charge in [0.1, 0.15) is 7.85 Å². The molecule has 1 saturated heterocycles. The van der Waals surface area contributed by atoms with Gasteiger partial charge in [0.15, 0.2) is 0 Å². The fraction of sp³-hybridized carbons (Fsp3) is 1.00. The zero-order valence-corrected chi connectivity index (χ0v) is 8.21. The van der Waals surface area contributed by atoms with Crippen molar-refractivity contribution in [3.8, 4) is 0 Å². The summed E-state index contributed by atoms with van der Waals surface area (Å²) >= 11 is 0. The molecular formula is C10H17BO. The van der Waals surface area contributed by atoms with Gasteiger partial charge in [-0.3, -0.25) is 0 Å². The molecule has 12 heavy (non-hydrogen) atoms. The quantitative estimate of drug-likeness (QED) is 0.538. The van der Waals surface area contributed by atoms with Crippen LogP contribution in [0.15, 0.2) is 0 Å². The average molecular weight is 164 g/mol. The second kappa shape index (κ2) is 2.51. The van der Waals surface area contributed by atoms with Crippen LogP contribution in [0.3, 0.4) is 0 Å². The van der Waals surface area contributed by atoms with Crippen molar-refractivity contribution in [1.82, 2.24) is 0 Å². The minimum atomic E-state index is 0.00343. The third-order valence-corrected chi connectivity index (χ3v) is 4.08. The van der Waals surface area contributed by atoms with Crippen LogP contribution in [0.4, 0.5) is 0 Å². The normalized spacial score (nSPS) is 57.9. The Labute approximate surface area is 76.3 Å². The van der Waals surface area contributed by atoms with Crippen LogP contribution in [0.1, 0.15) is 33.6 Å². The van der Waals surface area contributed by atoms with E-state index in [9.17, 15) is 0 Å². The van der Waals surface area contributed by atoms with E-state index in [4.69, 9.17) is 12.6 Å². The van der Waals surface area contributed by atoms with Crippen molar-refractivity contribution in [2.24, 2.45) is 17.8 Å². The number of hydrogen-bond donors (Lipinski definition) is 0. The van der Waals surface area contributed by atoms with Crippen LogP contribution in [-0.4, -0.2) is 19.5 Å². The largest absolute Gasteiger partial charge is 0.381 e. The lowest BCUT2D eigenvalue weighted by atomic mass is 9.78. The van der Waals surface area contributed by atoms with E-state index in [1.54, 1.807) is 0 Å². The first-order valence-electron chi connectivity index (χ1n) is 5.04. The van der Waals surface area contributed by atoms with Crippen LogP contribution in [0.5, 0.6) is 0 Å². The fourth-order valence-corrected chi connectivity index (χ4v) is 3.37. The number of hydrogen-bond acceptors (Lipinski definition) is 1. The molecule has 0 amide bonds. The Balaban J connectivity index is 2.28. The highest BCUT2D eigenvalue weighted by Gasteiger charge is 2.57. The van der Waals surface area contributed by atoms with E-state index in [0.29, 0.717) is 11.8 Å². The van der Waals surface area contributed by atoms with Crippen LogP contribution in [0.25, 0.3) is 0 Å². The van der Waals surface area contributed by atoms with Crippen molar-refractivity contribution in [3.05, 3.63) is 0 Å². The zero-order chi connectivity index (χ0) is 8.93. The first-order valence-corrected chi connectivity index (χ1v) is 5.04. The molecule has 1 saturated carbocycles. The van der Waals surface area contributed by atoms with Gasteiger partial charge < -0.3 is 4.74 Å². The van der Waals surface area contributed by atoms with Gasteiger partial charge in [-0.15, -0.1) is 0 Å². The molecule has 2 rings (SSSR count). The Bertz CT molecular complexity index is 180. The summed E-state index contributed by atoms with van der Waals surface area (Å²) in [6.45, 7) is 6.81. The van der Waals surface area contributed by atoms with Crippen LogP contribution in [0, 0.1) is 17.8 Å². The van der Waals surface area contributed by atoms with Crippen molar-refractivity contribution in [1.29, 1.82) is 0 Å². The van der Waals surface area contributed by atoms with Crippen molar-refractivity contribution in [2.45, 2.75) is 45.2 Å². The lowest BCUT2D eigenvalue weighted by molar-refractivity contribution is -0.0606. The maximum atomic E-state index is 5.94. The van der Waals surface area contributed by atoms with Crippen molar-refractivity contribution in [2.75, 3.05) is 0 Å². The first-order chi connectivity index (χ1) is 5.60. The Kier molecular flexibility index (Phi) is 1.80. The molecule has 2 unspecified atom stereocenters. The van der Waals surface area contributed by atoms with Gasteiger partial charge in [0.25, 0.3) is 0 Å². The Hall–Kier alpha value is 0.0249. The average Bonchev–Trinajstić information content (AvgIpc) is 2.37. The summed E-state index contributed by atoms with van der Waals surface area (Å²) in [6.07, 6.45) is 2.33. The second-order valence-electron chi connectivity index (χ2n) is 4.55. The summed E-state index contributed by atoms with van der Waals surface area (Å²) in [5.41, 5.74) is 0.128. The van der Waals surface area contributed by atoms with Crippen molar-refractivity contribution >= 4 is 7.85 Å². The summed E-state index contributed by atoms with van der Waals surface area (Å²) in [5, 5.41) is 0. The maximum Gasteiger partial charge on any atom is 0.109 e. The van der Waals surface area contributed by atoms with E-state index in [0.717, 1.165) is 12.3 Å². The molecule has 2 fully saturated rings. The minimum Gasteiger partial charge on any atom is -0.381 e. The molecule has 2 radical (unpaired) electrons. The molecule has 1 heterocycles. The molecule has 0 N–H and O–H groups in total. The molecule has 2 aliphatic rings. The van der Waals surface area contributed by atoms with Gasteiger partial charge >= 0.3 is 0 Å². The molecule has 1 aliphatic heterocycles. The van der Waals surface area contributed by atoms with E-state index in [1.807, 2.05) is 0 Å². The molecule has 2 heteroatoms. The Morgan fingerprint density at radius 2 is 2.17 bits per heavy atom. The second-order valence-corrected chi connectivity index (χ2v) is 4.55. The Morgan fingerprint density at radius 1 is 1.50 bits per heavy atom. The monoisotopic (exact) mass is 164 g/mol. The first kappa shape index (κ1) is 8.62. The van der Waals surface area contributed by atoms with Gasteiger partial charge in [-0.05, 0) is 30.6 Å². The predicted octanol–water partition coefficient (Wildman–Crippen LogP) is 1.95. The molecule has 66 valence electrons. The van der Waals surface area contributed by atoms with Gasteiger partial charge in [0.2, 0.25) is 0 Å². The lowest BCUT2D eigenvalue weighted by Crippen LogP contribution is -2.34. The zero-order valence-electron chi connectivity index (χ0n) is 8.21. The highest BCUT2D eigenvalue weighted by molar-refractivity contribution is 6.11. The predicted molar refractivity (Wildman–Crippen MR) is 50.1 cm³/mol. The number of fused-ring (bicyclic) bond motifs is 2. The third-order valence-electron chi connectivity index (χ3n) is 4.08. The smallest absolute Gasteiger partial charge is 0.109 e. The van der Waals surface area contributed by atoms with Gasteiger partial charge in [-0.1, -0.05) is 20.8 Å². The van der Waals surface area contributed by atoms with Crippen LogP contribution in [0.2, 0.25) is 0 Å². The molecule has 5 atom stereocenters. The van der Waals surface area contributed by atoms with E-state index in [-0.39, 0.29) is 11.6 Å². The summed E-state index contributed by atoms with van der Waals surface area (Å²) in [7, 11) is 5.94. The summed E-state index contributed by atoms with van der Waals surface area (Å²) in [6, 6.07) is 0.00343. The summed E-state index contributed by atoms with van der Waals surface area (Å²) in [5.74, 6) is 2.01. The topological polar surface area (TPSA) is 9.23 Å². The number of ether oxygens (including phenoxy) is 1. The minimum absolute atomic E-state index is 0.00343. The number of rotatable bonds is 1. The van der Waals surface area contributed by atoms with Crippen LogP contribution < -0.4 is 0 Å². The lowest BCUT2D eigenvalue weighted by Gasteiger charge is -2.32. The van der Waals surface area contributed by atoms with Gasteiger partial charge in [0.05, 0.1) is 5.60 Å². The Morgan fingerprint density at radius 3 is 2.50 bits per heavy atom. The van der Waals surface area contributed by atoms with Gasteiger partial charge in [-0.2, -0.15) is 0 Å². The van der Waals surface area contributed by atoms with Crippen molar-refractivity contribution < 1.29 is 4.74 Å². The van der Waals surface area contributed by atoms with E-state index in [2.05, 4.69) is 20.8 Å². The standard InChI is InChI=1S/C10H17BO/c1-4-10-5-6(2)8(7(10)3)9(11)12-10/h6-9H,4-5H2,1-3H3/t6-,7-,8?,9?,10+/m1/s1. The van der Waals surface area contributed by atoms with Crippen LogP contribution in [-0.2, 0) is 4.74 Å².